The molecule has 0 spiro atoms. The fourth-order valence-corrected chi connectivity index (χ4v) is 4.67. The Morgan fingerprint density at radius 1 is 1.35 bits per heavy atom. The molecule has 0 aromatic carbocycles. The highest BCUT2D eigenvalue weighted by atomic mass is 35.5. The monoisotopic (exact) mass is 536 g/mol. The summed E-state index contributed by atoms with van der Waals surface area (Å²) in [6.07, 6.45) is 0.315. The maximum atomic E-state index is 13.2. The van der Waals surface area contributed by atoms with Crippen LogP contribution in [-0.4, -0.2) is 61.2 Å². The second-order valence-electron chi connectivity index (χ2n) is 8.52. The Bertz CT molecular complexity index is 1520. The number of hydrogen-bond donors (Lipinski definition) is 2. The van der Waals surface area contributed by atoms with Crippen LogP contribution in [0.4, 0.5) is 24.8 Å². The highest BCUT2D eigenvalue weighted by molar-refractivity contribution is 6.34. The van der Waals surface area contributed by atoms with E-state index in [1.807, 2.05) is 0 Å². The summed E-state index contributed by atoms with van der Waals surface area (Å²) in [6, 6.07) is 2.67. The summed E-state index contributed by atoms with van der Waals surface area (Å²) in [6.45, 7) is 2.03. The lowest BCUT2D eigenvalue weighted by atomic mass is 10.1. The van der Waals surface area contributed by atoms with Crippen molar-refractivity contribution in [2.75, 3.05) is 23.7 Å². The number of nitrogen functional groups attached to an aromatic ring is 1. The molecular weight excluding hydrogens is 517 g/mol. The van der Waals surface area contributed by atoms with Gasteiger partial charge in [-0.1, -0.05) is 11.6 Å². The molecule has 0 aliphatic carbocycles. The first-order chi connectivity index (χ1) is 17.5. The van der Waals surface area contributed by atoms with Crippen molar-refractivity contribution < 1.29 is 27.5 Å². The number of alkyl halides is 3. The molecule has 5 heterocycles. The van der Waals surface area contributed by atoms with E-state index in [-0.39, 0.29) is 30.0 Å². The highest BCUT2D eigenvalue weighted by Crippen LogP contribution is 2.35. The van der Waals surface area contributed by atoms with Crippen molar-refractivity contribution in [3.63, 3.8) is 0 Å². The summed E-state index contributed by atoms with van der Waals surface area (Å²) in [5.41, 5.74) is 7.48. The molecule has 1 saturated heterocycles. The number of fused-ring (bicyclic) bond motifs is 2. The van der Waals surface area contributed by atoms with Gasteiger partial charge in [-0.05, 0) is 19.1 Å². The molecule has 11 nitrogen and oxygen atoms in total. The molecule has 5 rings (SSSR count). The number of carbonyl (C=O) groups excluding carboxylic acids is 2. The number of anilines is 2. The summed E-state index contributed by atoms with van der Waals surface area (Å²) in [7, 11) is 0. The molecule has 2 atom stereocenters. The predicted octanol–water partition coefficient (Wildman–Crippen LogP) is 2.79. The van der Waals surface area contributed by atoms with Crippen molar-refractivity contribution in [1.82, 2.24) is 29.3 Å². The molecule has 3 N–H and O–H groups in total. The second kappa shape index (κ2) is 9.10. The van der Waals surface area contributed by atoms with E-state index >= 15 is 0 Å². The first-order valence-corrected chi connectivity index (χ1v) is 11.5. The van der Waals surface area contributed by atoms with Gasteiger partial charge in [-0.25, -0.2) is 19.3 Å². The lowest BCUT2D eigenvalue weighted by Crippen LogP contribution is -2.33. The summed E-state index contributed by atoms with van der Waals surface area (Å²) < 4.78 is 45.8. The van der Waals surface area contributed by atoms with Crippen LogP contribution in [0.2, 0.25) is 5.02 Å². The van der Waals surface area contributed by atoms with Crippen LogP contribution in [0.15, 0.2) is 37.1 Å². The Hall–Kier alpha value is -4.07. The number of ether oxygens (including phenoxy) is 1. The van der Waals surface area contributed by atoms with Gasteiger partial charge in [0.25, 0.3) is 5.91 Å². The van der Waals surface area contributed by atoms with Crippen molar-refractivity contribution in [3.8, 4) is 0 Å². The SMILES string of the molecule is CC(NC(=O)c1c(N)nn2cccnc12)c1cc(Cl)c2cncn2c1N1CCC(OC(=O)C(F)(F)F)C1. The van der Waals surface area contributed by atoms with Gasteiger partial charge in [0.15, 0.2) is 11.5 Å². The van der Waals surface area contributed by atoms with Gasteiger partial charge in [0, 0.05) is 30.9 Å². The number of aromatic nitrogens is 5. The van der Waals surface area contributed by atoms with Crippen LogP contribution in [0.5, 0.6) is 0 Å². The smallest absolute Gasteiger partial charge is 0.454 e. The third-order valence-corrected chi connectivity index (χ3v) is 6.37. The Kier molecular flexibility index (Phi) is 6.06. The summed E-state index contributed by atoms with van der Waals surface area (Å²) in [4.78, 5) is 34.6. The quantitative estimate of drug-likeness (QED) is 0.372. The zero-order valence-corrected chi connectivity index (χ0v) is 20.0. The molecule has 1 amide bonds. The van der Waals surface area contributed by atoms with Gasteiger partial charge in [-0.2, -0.15) is 13.2 Å². The van der Waals surface area contributed by atoms with Crippen LogP contribution in [-0.2, 0) is 9.53 Å². The van der Waals surface area contributed by atoms with Crippen LogP contribution in [0.25, 0.3) is 11.2 Å². The number of nitrogens with one attached hydrogen (secondary N) is 1. The number of hydrogen-bond acceptors (Lipinski definition) is 8. The number of pyridine rings is 1. The fourth-order valence-electron chi connectivity index (χ4n) is 4.41. The molecular formula is C22H20ClF3N8O3. The number of rotatable bonds is 5. The number of nitrogens with zero attached hydrogens (tertiary/aromatic N) is 6. The Balaban J connectivity index is 1.46. The average Bonchev–Trinajstić information content (AvgIpc) is 3.56. The summed E-state index contributed by atoms with van der Waals surface area (Å²) in [5, 5.41) is 7.33. The lowest BCUT2D eigenvalue weighted by Gasteiger charge is -2.27. The fraction of sp³-hybridized carbons (Fsp3) is 0.318. The van der Waals surface area contributed by atoms with Crippen molar-refractivity contribution in [1.29, 1.82) is 0 Å². The standard InChI is InChI=1S/C22H20ClF3N8O3/c1-11(30-19(35)16-17(27)31-34-5-2-4-29-18(16)34)13-7-14(23)15-8-28-10-33(15)20(13)32-6-3-12(9-32)37-21(36)22(24,25)26/h2,4-5,7-8,10-12H,3,6,9H2,1H3,(H2,27,31)(H,30,35). The van der Waals surface area contributed by atoms with Crippen LogP contribution in [0, 0.1) is 0 Å². The maximum absolute atomic E-state index is 13.2. The van der Waals surface area contributed by atoms with Crippen molar-refractivity contribution in [2.24, 2.45) is 0 Å². The van der Waals surface area contributed by atoms with Crippen molar-refractivity contribution in [3.05, 3.63) is 53.2 Å². The molecule has 1 fully saturated rings. The number of halogens is 4. The molecule has 15 heteroatoms. The predicted molar refractivity (Wildman–Crippen MR) is 126 cm³/mol. The second-order valence-corrected chi connectivity index (χ2v) is 8.93. The largest absolute Gasteiger partial charge is 0.490 e. The number of carbonyl (C=O) groups is 2. The van der Waals surface area contributed by atoms with Crippen LogP contribution in [0.1, 0.15) is 35.3 Å². The topological polar surface area (TPSA) is 132 Å². The van der Waals surface area contributed by atoms with E-state index in [4.69, 9.17) is 17.3 Å². The zero-order chi connectivity index (χ0) is 26.5. The third kappa shape index (κ3) is 4.48. The molecule has 4 aromatic heterocycles. The maximum Gasteiger partial charge on any atom is 0.490 e. The molecule has 0 saturated carbocycles. The molecule has 1 aliphatic rings. The Labute approximate surface area is 212 Å². The average molecular weight is 537 g/mol. The van der Waals surface area contributed by atoms with Crippen LogP contribution < -0.4 is 16.0 Å². The van der Waals surface area contributed by atoms with Crippen molar-refractivity contribution in [2.45, 2.75) is 31.7 Å². The normalized spacial score (nSPS) is 16.9. The van der Waals surface area contributed by atoms with E-state index in [2.05, 4.69) is 25.1 Å². The van der Waals surface area contributed by atoms with E-state index in [1.54, 1.807) is 40.8 Å². The van der Waals surface area contributed by atoms with Crippen molar-refractivity contribution >= 4 is 46.3 Å². The lowest BCUT2D eigenvalue weighted by molar-refractivity contribution is -0.203. The van der Waals surface area contributed by atoms with Crippen LogP contribution in [0.3, 0.4) is 0 Å². The molecule has 2 unspecified atom stereocenters. The first kappa shape index (κ1) is 24.6. The van der Waals surface area contributed by atoms with E-state index in [1.165, 1.54) is 17.0 Å². The molecule has 37 heavy (non-hydrogen) atoms. The minimum Gasteiger partial charge on any atom is -0.454 e. The van der Waals surface area contributed by atoms with Gasteiger partial charge < -0.3 is 20.7 Å². The van der Waals surface area contributed by atoms with Gasteiger partial charge in [0.1, 0.15) is 23.8 Å². The zero-order valence-electron chi connectivity index (χ0n) is 19.2. The molecule has 1 aliphatic heterocycles. The molecule has 194 valence electrons. The molecule has 4 aromatic rings. The van der Waals surface area contributed by atoms with E-state index in [9.17, 15) is 22.8 Å². The van der Waals surface area contributed by atoms with E-state index in [0.717, 1.165) is 0 Å². The molecule has 0 bridgehead atoms. The number of amides is 1. The number of imidazole rings is 1. The Morgan fingerprint density at radius 3 is 2.89 bits per heavy atom. The highest BCUT2D eigenvalue weighted by Gasteiger charge is 2.43. The van der Waals surface area contributed by atoms with Gasteiger partial charge in [0.05, 0.1) is 29.3 Å². The summed E-state index contributed by atoms with van der Waals surface area (Å²) >= 11 is 6.48. The summed E-state index contributed by atoms with van der Waals surface area (Å²) in [5.74, 6) is -2.21. The van der Waals surface area contributed by atoms with Gasteiger partial charge in [0.2, 0.25) is 0 Å². The Morgan fingerprint density at radius 2 is 2.14 bits per heavy atom. The van der Waals surface area contributed by atoms with Gasteiger partial charge in [-0.3, -0.25) is 9.20 Å². The minimum atomic E-state index is -5.08. The van der Waals surface area contributed by atoms with E-state index in [0.29, 0.717) is 28.5 Å². The first-order valence-electron chi connectivity index (χ1n) is 11.1. The molecule has 0 radical (unpaired) electrons. The number of nitrogens with two attached hydrogens (primary N) is 1. The number of esters is 1. The van der Waals surface area contributed by atoms with Gasteiger partial charge >= 0.3 is 12.1 Å². The third-order valence-electron chi connectivity index (χ3n) is 6.07. The van der Waals surface area contributed by atoms with Crippen LogP contribution >= 0.6 is 11.6 Å². The van der Waals surface area contributed by atoms with Gasteiger partial charge in [-0.15, -0.1) is 5.10 Å². The minimum absolute atomic E-state index is 0.000540. The van der Waals surface area contributed by atoms with E-state index < -0.39 is 30.2 Å².